The van der Waals surface area contributed by atoms with Crippen LogP contribution in [0, 0.1) is 0 Å². The molecule has 1 amide bonds. The van der Waals surface area contributed by atoms with Crippen molar-refractivity contribution in [2.24, 2.45) is 5.10 Å². The Hall–Kier alpha value is -2.99. The number of rotatable bonds is 6. The zero-order chi connectivity index (χ0) is 23.5. The van der Waals surface area contributed by atoms with E-state index in [1.54, 1.807) is 43.3 Å². The number of hydrogen-bond donors (Lipinski definition) is 0. The van der Waals surface area contributed by atoms with Crippen LogP contribution < -0.4 is 14.5 Å². The molecule has 0 aliphatic carbocycles. The van der Waals surface area contributed by atoms with Gasteiger partial charge in [-0.15, -0.1) is 0 Å². The highest BCUT2D eigenvalue weighted by Crippen LogP contribution is 2.38. The van der Waals surface area contributed by atoms with Gasteiger partial charge < -0.3 is 9.47 Å². The molecule has 4 rings (SSSR count). The number of carbonyl (C=O) groups excluding carboxylic acids is 1. The van der Waals surface area contributed by atoms with E-state index in [4.69, 9.17) is 44.3 Å². The maximum atomic E-state index is 13.1. The van der Waals surface area contributed by atoms with Crippen LogP contribution in [0.2, 0.25) is 15.1 Å². The molecule has 0 radical (unpaired) electrons. The van der Waals surface area contributed by atoms with Gasteiger partial charge in [0, 0.05) is 0 Å². The minimum absolute atomic E-state index is 0.287. The van der Waals surface area contributed by atoms with E-state index >= 15 is 0 Å². The second kappa shape index (κ2) is 9.87. The van der Waals surface area contributed by atoms with Gasteiger partial charge in [-0.1, -0.05) is 65.1 Å². The summed E-state index contributed by atoms with van der Waals surface area (Å²) >= 11 is 18.6. The molecular formula is C25H19Cl3N2O3. The predicted octanol–water partition coefficient (Wildman–Crippen LogP) is 7.04. The van der Waals surface area contributed by atoms with Gasteiger partial charge in [-0.3, -0.25) is 4.79 Å². The summed E-state index contributed by atoms with van der Waals surface area (Å²) in [5.41, 5.74) is 3.20. The zero-order valence-electron chi connectivity index (χ0n) is 17.8. The molecule has 0 atom stereocenters. The van der Waals surface area contributed by atoms with Crippen LogP contribution in [0.15, 0.2) is 71.3 Å². The molecule has 168 valence electrons. The maximum absolute atomic E-state index is 13.1. The Bertz CT molecular complexity index is 1270. The first-order valence-electron chi connectivity index (χ1n) is 9.98. The van der Waals surface area contributed by atoms with Crippen molar-refractivity contribution in [3.8, 4) is 11.5 Å². The second-order valence-electron chi connectivity index (χ2n) is 7.27. The lowest BCUT2D eigenvalue weighted by Gasteiger charge is -2.14. The molecule has 8 heteroatoms. The van der Waals surface area contributed by atoms with E-state index in [0.717, 1.165) is 5.56 Å². The first-order chi connectivity index (χ1) is 15.9. The minimum Gasteiger partial charge on any atom is -0.493 e. The van der Waals surface area contributed by atoms with E-state index in [1.165, 1.54) is 12.1 Å². The van der Waals surface area contributed by atoms with Crippen molar-refractivity contribution in [1.29, 1.82) is 0 Å². The van der Waals surface area contributed by atoms with Crippen molar-refractivity contribution < 1.29 is 14.3 Å². The number of methoxy groups -OCH3 is 1. The monoisotopic (exact) mass is 500 g/mol. The van der Waals surface area contributed by atoms with Gasteiger partial charge in [0.15, 0.2) is 11.5 Å². The Kier molecular flexibility index (Phi) is 6.94. The highest BCUT2D eigenvalue weighted by atomic mass is 35.5. The highest BCUT2D eigenvalue weighted by Gasteiger charge is 2.29. The van der Waals surface area contributed by atoms with E-state index in [1.807, 2.05) is 30.3 Å². The van der Waals surface area contributed by atoms with E-state index in [0.29, 0.717) is 55.7 Å². The third kappa shape index (κ3) is 5.01. The summed E-state index contributed by atoms with van der Waals surface area (Å²) in [5.74, 6) is 0.614. The van der Waals surface area contributed by atoms with Crippen LogP contribution in [0.3, 0.4) is 0 Å². The molecule has 5 nitrogen and oxygen atoms in total. The van der Waals surface area contributed by atoms with Crippen molar-refractivity contribution in [1.82, 2.24) is 0 Å². The summed E-state index contributed by atoms with van der Waals surface area (Å²) < 4.78 is 11.4. The zero-order valence-corrected chi connectivity index (χ0v) is 20.1. The number of nitrogens with zero attached hydrogens (tertiary/aromatic N) is 2. The summed E-state index contributed by atoms with van der Waals surface area (Å²) in [5, 5.41) is 6.79. The lowest BCUT2D eigenvalue weighted by Crippen LogP contribution is -2.21. The molecule has 1 aliphatic heterocycles. The number of carbonyl (C=O) groups is 1. The topological polar surface area (TPSA) is 51.1 Å². The maximum Gasteiger partial charge on any atom is 0.280 e. The number of amides is 1. The first kappa shape index (κ1) is 23.2. The van der Waals surface area contributed by atoms with Gasteiger partial charge in [0.2, 0.25) is 0 Å². The third-order valence-electron chi connectivity index (χ3n) is 5.00. The Balaban J connectivity index is 1.60. The summed E-state index contributed by atoms with van der Waals surface area (Å²) in [6.07, 6.45) is 1.72. The quantitative estimate of drug-likeness (QED) is 0.340. The third-order valence-corrected chi connectivity index (χ3v) is 6.02. The molecule has 1 heterocycles. The molecule has 0 unspecified atom stereocenters. The first-order valence-corrected chi connectivity index (χ1v) is 11.1. The molecule has 0 spiro atoms. The van der Waals surface area contributed by atoms with Crippen molar-refractivity contribution in [3.63, 3.8) is 0 Å². The van der Waals surface area contributed by atoms with Crippen LogP contribution in [0.25, 0.3) is 6.08 Å². The van der Waals surface area contributed by atoms with Crippen molar-refractivity contribution >= 4 is 58.2 Å². The standard InChI is InChI=1S/C25H19Cl3N2O3/c1-15-19(25(31)30(29-15)18-8-9-20(26)21(27)13-18)10-17-11-22(28)24(23(12-17)32-2)33-14-16-6-4-3-5-7-16/h3-13H,14H2,1-2H3/b19-10+. The molecule has 0 N–H and O–H groups in total. The minimum atomic E-state index is -0.287. The summed E-state index contributed by atoms with van der Waals surface area (Å²) in [4.78, 5) is 13.1. The van der Waals surface area contributed by atoms with Crippen LogP contribution >= 0.6 is 34.8 Å². The number of hydrazone groups is 1. The Labute approximate surface area is 206 Å². The lowest BCUT2D eigenvalue weighted by molar-refractivity contribution is -0.114. The van der Waals surface area contributed by atoms with Crippen LogP contribution in [0.1, 0.15) is 18.1 Å². The molecule has 0 aromatic heterocycles. The Morgan fingerprint density at radius 3 is 2.42 bits per heavy atom. The molecule has 0 saturated heterocycles. The summed E-state index contributed by atoms with van der Waals surface area (Å²) in [6.45, 7) is 2.11. The van der Waals surface area contributed by atoms with E-state index in [9.17, 15) is 4.79 Å². The van der Waals surface area contributed by atoms with Gasteiger partial charge >= 0.3 is 0 Å². The lowest BCUT2D eigenvalue weighted by atomic mass is 10.1. The van der Waals surface area contributed by atoms with Crippen molar-refractivity contribution in [2.75, 3.05) is 12.1 Å². The van der Waals surface area contributed by atoms with Crippen molar-refractivity contribution in [3.05, 3.63) is 92.4 Å². The van der Waals surface area contributed by atoms with Crippen LogP contribution in [-0.2, 0) is 11.4 Å². The number of hydrogen-bond acceptors (Lipinski definition) is 4. The molecule has 33 heavy (non-hydrogen) atoms. The molecule has 0 fully saturated rings. The van der Waals surface area contributed by atoms with Gasteiger partial charge in [-0.25, -0.2) is 0 Å². The van der Waals surface area contributed by atoms with Gasteiger partial charge in [0.1, 0.15) is 6.61 Å². The fourth-order valence-electron chi connectivity index (χ4n) is 3.34. The van der Waals surface area contributed by atoms with E-state index < -0.39 is 0 Å². The summed E-state index contributed by atoms with van der Waals surface area (Å²) in [6, 6.07) is 18.1. The van der Waals surface area contributed by atoms with E-state index in [2.05, 4.69) is 5.10 Å². The summed E-state index contributed by atoms with van der Waals surface area (Å²) in [7, 11) is 1.54. The Morgan fingerprint density at radius 2 is 1.73 bits per heavy atom. The number of ether oxygens (including phenoxy) is 2. The average Bonchev–Trinajstić information content (AvgIpc) is 3.09. The van der Waals surface area contributed by atoms with Crippen molar-refractivity contribution in [2.45, 2.75) is 13.5 Å². The van der Waals surface area contributed by atoms with Crippen LogP contribution in [0.4, 0.5) is 5.69 Å². The fourth-order valence-corrected chi connectivity index (χ4v) is 3.90. The molecule has 0 saturated carbocycles. The fraction of sp³-hybridized carbons (Fsp3) is 0.120. The number of halogens is 3. The van der Waals surface area contributed by atoms with Gasteiger partial charge in [-0.2, -0.15) is 10.1 Å². The smallest absolute Gasteiger partial charge is 0.280 e. The molecule has 3 aromatic rings. The molecule has 3 aromatic carbocycles. The normalized spacial score (nSPS) is 14.6. The number of anilines is 1. The second-order valence-corrected chi connectivity index (χ2v) is 8.49. The largest absolute Gasteiger partial charge is 0.493 e. The predicted molar refractivity (Wildman–Crippen MR) is 134 cm³/mol. The van der Waals surface area contributed by atoms with Gasteiger partial charge in [-0.05, 0) is 54.5 Å². The molecule has 1 aliphatic rings. The van der Waals surface area contributed by atoms with Gasteiger partial charge in [0.25, 0.3) is 5.91 Å². The van der Waals surface area contributed by atoms with Crippen LogP contribution in [0.5, 0.6) is 11.5 Å². The SMILES string of the molecule is COc1cc(/C=C2/C(=O)N(c3ccc(Cl)c(Cl)c3)N=C2C)cc(Cl)c1OCc1ccccc1. The van der Waals surface area contributed by atoms with Gasteiger partial charge in [0.05, 0.1) is 39.1 Å². The highest BCUT2D eigenvalue weighted by molar-refractivity contribution is 6.42. The Morgan fingerprint density at radius 1 is 0.970 bits per heavy atom. The molecular weight excluding hydrogens is 483 g/mol. The molecule has 0 bridgehead atoms. The van der Waals surface area contributed by atoms with E-state index in [-0.39, 0.29) is 5.91 Å². The van der Waals surface area contributed by atoms with Crippen LogP contribution in [-0.4, -0.2) is 18.7 Å². The average molecular weight is 502 g/mol. The number of benzene rings is 3.